The number of aryl methyl sites for hydroxylation is 2. The number of hydrogen-bond donors (Lipinski definition) is 1. The summed E-state index contributed by atoms with van der Waals surface area (Å²) >= 11 is 1.34. The van der Waals surface area contributed by atoms with E-state index in [1.165, 1.54) is 11.3 Å². The van der Waals surface area contributed by atoms with Crippen molar-refractivity contribution in [1.29, 1.82) is 0 Å². The van der Waals surface area contributed by atoms with Crippen LogP contribution >= 0.6 is 11.3 Å². The summed E-state index contributed by atoms with van der Waals surface area (Å²) in [4.78, 5) is 16.2. The first kappa shape index (κ1) is 17.0. The Hall–Kier alpha value is -2.81. The van der Waals surface area contributed by atoms with Gasteiger partial charge in [-0.15, -0.1) is 10.2 Å². The molecule has 0 bridgehead atoms. The number of rotatable bonds is 7. The van der Waals surface area contributed by atoms with E-state index in [1.54, 1.807) is 7.11 Å². The molecule has 0 unspecified atom stereocenters. The maximum atomic E-state index is 11.9. The van der Waals surface area contributed by atoms with E-state index in [9.17, 15) is 4.79 Å². The molecule has 25 heavy (non-hydrogen) atoms. The maximum absolute atomic E-state index is 11.9. The van der Waals surface area contributed by atoms with Crippen LogP contribution in [0.15, 0.2) is 28.8 Å². The zero-order valence-corrected chi connectivity index (χ0v) is 14.7. The van der Waals surface area contributed by atoms with E-state index in [2.05, 4.69) is 25.7 Å². The summed E-state index contributed by atoms with van der Waals surface area (Å²) in [6.07, 6.45) is 1.45. The van der Waals surface area contributed by atoms with Crippen molar-refractivity contribution in [3.8, 4) is 17.1 Å². The van der Waals surface area contributed by atoms with Gasteiger partial charge in [0.2, 0.25) is 22.8 Å². The number of aromatic nitrogens is 4. The molecule has 0 aliphatic heterocycles. The molecule has 130 valence electrons. The Morgan fingerprint density at radius 2 is 2.16 bits per heavy atom. The third kappa shape index (κ3) is 4.38. The number of nitrogens with zero attached hydrogens (tertiary/aromatic N) is 4. The van der Waals surface area contributed by atoms with Gasteiger partial charge in [0, 0.05) is 12.8 Å². The van der Waals surface area contributed by atoms with E-state index >= 15 is 0 Å². The van der Waals surface area contributed by atoms with Crippen LogP contribution in [-0.2, 0) is 11.2 Å². The minimum atomic E-state index is -0.111. The zero-order valence-electron chi connectivity index (χ0n) is 13.9. The van der Waals surface area contributed by atoms with Gasteiger partial charge in [-0.1, -0.05) is 28.6 Å². The van der Waals surface area contributed by atoms with Crippen molar-refractivity contribution in [3.63, 3.8) is 0 Å². The van der Waals surface area contributed by atoms with Gasteiger partial charge in [0.05, 0.1) is 12.7 Å². The lowest BCUT2D eigenvalue weighted by Gasteiger charge is -2.03. The van der Waals surface area contributed by atoms with Crippen LogP contribution < -0.4 is 10.1 Å². The molecule has 1 aromatic carbocycles. The molecule has 0 radical (unpaired) electrons. The van der Waals surface area contributed by atoms with Gasteiger partial charge in [-0.2, -0.15) is 4.98 Å². The summed E-state index contributed by atoms with van der Waals surface area (Å²) in [5, 5.41) is 15.7. The first-order valence-electron chi connectivity index (χ1n) is 7.71. The number of hydrogen-bond acceptors (Lipinski definition) is 8. The Labute approximate surface area is 148 Å². The Bertz CT molecular complexity index is 861. The highest BCUT2D eigenvalue weighted by atomic mass is 32.1. The summed E-state index contributed by atoms with van der Waals surface area (Å²) in [7, 11) is 1.60. The number of benzene rings is 1. The molecule has 0 aliphatic rings. The quantitative estimate of drug-likeness (QED) is 0.692. The van der Waals surface area contributed by atoms with Crippen LogP contribution in [0.3, 0.4) is 0 Å². The van der Waals surface area contributed by atoms with Crippen molar-refractivity contribution >= 4 is 22.4 Å². The Kier molecular flexibility index (Phi) is 5.34. The van der Waals surface area contributed by atoms with E-state index in [4.69, 9.17) is 9.26 Å². The van der Waals surface area contributed by atoms with Gasteiger partial charge in [-0.3, -0.25) is 4.79 Å². The summed E-state index contributed by atoms with van der Waals surface area (Å²) in [6.45, 7) is 1.84. The number of carbonyl (C=O) groups is 1. The average molecular weight is 359 g/mol. The molecule has 2 aromatic heterocycles. The number of anilines is 1. The topological polar surface area (TPSA) is 103 Å². The Balaban J connectivity index is 1.52. The largest absolute Gasteiger partial charge is 0.496 e. The van der Waals surface area contributed by atoms with Gasteiger partial charge in [-0.05, 0) is 25.5 Å². The molecule has 0 aliphatic carbocycles. The molecule has 3 aromatic rings. The van der Waals surface area contributed by atoms with Crippen LogP contribution in [0.2, 0.25) is 0 Å². The number of amides is 1. The van der Waals surface area contributed by atoms with Crippen LogP contribution in [0.5, 0.6) is 5.75 Å². The molecule has 3 rings (SSSR count). The molecule has 0 saturated heterocycles. The average Bonchev–Trinajstić information content (AvgIpc) is 3.24. The molecule has 9 heteroatoms. The minimum Gasteiger partial charge on any atom is -0.496 e. The third-order valence-corrected chi connectivity index (χ3v) is 4.14. The summed E-state index contributed by atoms with van der Waals surface area (Å²) in [5.74, 6) is 1.53. The highest BCUT2D eigenvalue weighted by molar-refractivity contribution is 7.15. The van der Waals surface area contributed by atoms with Crippen molar-refractivity contribution < 1.29 is 14.1 Å². The third-order valence-electron chi connectivity index (χ3n) is 3.38. The van der Waals surface area contributed by atoms with Gasteiger partial charge in [0.15, 0.2) is 0 Å². The van der Waals surface area contributed by atoms with E-state index < -0.39 is 0 Å². The smallest absolute Gasteiger partial charge is 0.226 e. The summed E-state index contributed by atoms with van der Waals surface area (Å²) in [5.41, 5.74) is 0.768. The van der Waals surface area contributed by atoms with Gasteiger partial charge >= 0.3 is 0 Å². The number of ether oxygens (including phenoxy) is 1. The number of carbonyl (C=O) groups excluding carboxylic acids is 1. The van der Waals surface area contributed by atoms with Crippen LogP contribution in [-0.4, -0.2) is 33.4 Å². The molecule has 0 atom stereocenters. The number of nitrogens with one attached hydrogen (secondary N) is 1. The summed E-state index contributed by atoms with van der Waals surface area (Å²) in [6, 6.07) is 7.46. The van der Waals surface area contributed by atoms with Crippen LogP contribution in [0.4, 0.5) is 5.13 Å². The summed E-state index contributed by atoms with van der Waals surface area (Å²) < 4.78 is 10.5. The van der Waals surface area contributed by atoms with Crippen molar-refractivity contribution in [3.05, 3.63) is 35.2 Å². The fourth-order valence-electron chi connectivity index (χ4n) is 2.22. The Morgan fingerprint density at radius 3 is 2.92 bits per heavy atom. The van der Waals surface area contributed by atoms with Crippen molar-refractivity contribution in [2.75, 3.05) is 12.4 Å². The molecule has 0 fully saturated rings. The first-order chi connectivity index (χ1) is 12.2. The zero-order chi connectivity index (χ0) is 17.6. The molecule has 1 amide bonds. The van der Waals surface area contributed by atoms with Crippen LogP contribution in [0.25, 0.3) is 11.4 Å². The predicted octanol–water partition coefficient (Wildman–Crippen LogP) is 2.87. The van der Waals surface area contributed by atoms with Crippen molar-refractivity contribution in [2.24, 2.45) is 0 Å². The van der Waals surface area contributed by atoms with Gasteiger partial charge in [-0.25, -0.2) is 0 Å². The van der Waals surface area contributed by atoms with E-state index in [0.717, 1.165) is 10.6 Å². The first-order valence-corrected chi connectivity index (χ1v) is 8.53. The standard InChI is InChI=1S/C16H17N5O3S/c1-10-19-20-16(25-10)17-13(22)8-5-9-14-18-15(21-24-14)11-6-3-4-7-12(11)23-2/h3-4,6-7H,5,8-9H2,1-2H3,(H,17,20,22). The maximum Gasteiger partial charge on any atom is 0.226 e. The highest BCUT2D eigenvalue weighted by Gasteiger charge is 2.13. The van der Waals surface area contributed by atoms with Crippen LogP contribution in [0, 0.1) is 6.92 Å². The van der Waals surface area contributed by atoms with Crippen molar-refractivity contribution in [2.45, 2.75) is 26.2 Å². The molecule has 2 heterocycles. The lowest BCUT2D eigenvalue weighted by atomic mass is 10.2. The van der Waals surface area contributed by atoms with Crippen molar-refractivity contribution in [1.82, 2.24) is 20.3 Å². The molecule has 0 saturated carbocycles. The lowest BCUT2D eigenvalue weighted by molar-refractivity contribution is -0.116. The fourth-order valence-corrected chi connectivity index (χ4v) is 2.83. The highest BCUT2D eigenvalue weighted by Crippen LogP contribution is 2.27. The lowest BCUT2D eigenvalue weighted by Crippen LogP contribution is -2.11. The normalized spacial score (nSPS) is 10.6. The predicted molar refractivity (Wildman–Crippen MR) is 92.5 cm³/mol. The SMILES string of the molecule is COc1ccccc1-c1noc(CCCC(=O)Nc2nnc(C)s2)n1. The molecule has 0 spiro atoms. The second-order valence-corrected chi connectivity index (χ2v) is 6.42. The van der Waals surface area contributed by atoms with E-state index in [0.29, 0.717) is 41.9 Å². The minimum absolute atomic E-state index is 0.111. The van der Waals surface area contributed by atoms with Crippen LogP contribution in [0.1, 0.15) is 23.7 Å². The van der Waals surface area contributed by atoms with Gasteiger partial charge in [0.25, 0.3) is 0 Å². The Morgan fingerprint density at radius 1 is 1.32 bits per heavy atom. The van der Waals surface area contributed by atoms with E-state index in [1.807, 2.05) is 31.2 Å². The molecular formula is C16H17N5O3S. The number of para-hydroxylation sites is 1. The second-order valence-electron chi connectivity index (χ2n) is 5.24. The monoisotopic (exact) mass is 359 g/mol. The van der Waals surface area contributed by atoms with Gasteiger partial charge in [0.1, 0.15) is 10.8 Å². The van der Waals surface area contributed by atoms with Gasteiger partial charge < -0.3 is 14.6 Å². The fraction of sp³-hybridized carbons (Fsp3) is 0.312. The second kappa shape index (κ2) is 7.84. The molecular weight excluding hydrogens is 342 g/mol. The molecule has 8 nitrogen and oxygen atoms in total. The van der Waals surface area contributed by atoms with E-state index in [-0.39, 0.29) is 5.91 Å². The molecule has 1 N–H and O–H groups in total. The number of methoxy groups -OCH3 is 1.